The van der Waals surface area contributed by atoms with E-state index in [1.807, 2.05) is 0 Å². The van der Waals surface area contributed by atoms with Crippen molar-refractivity contribution in [3.63, 3.8) is 0 Å². The molecule has 1 N–H and O–H groups in total. The highest BCUT2D eigenvalue weighted by Gasteiger charge is 2.22. The second-order valence-corrected chi connectivity index (χ2v) is 8.11. The Labute approximate surface area is 112 Å². The molecule has 1 rings (SSSR count). The van der Waals surface area contributed by atoms with Gasteiger partial charge in [-0.1, -0.05) is 6.07 Å². The lowest BCUT2D eigenvalue weighted by Gasteiger charge is -2.12. The number of sulfone groups is 2. The molecule has 0 aliphatic heterocycles. The molecule has 0 saturated carbocycles. The number of hydrogen-bond acceptors (Lipinski definition) is 6. The van der Waals surface area contributed by atoms with Gasteiger partial charge in [0.15, 0.2) is 19.7 Å². The number of hydrogen-bond donors (Lipinski definition) is 1. The molecule has 0 bridgehead atoms. The van der Waals surface area contributed by atoms with Crippen LogP contribution in [0, 0.1) is 11.3 Å². The molecule has 6 nitrogen and oxygen atoms in total. The maximum Gasteiger partial charge on any atom is 0.175 e. The number of aliphatic hydroxyl groups is 1. The van der Waals surface area contributed by atoms with Crippen LogP contribution >= 0.6 is 0 Å². The van der Waals surface area contributed by atoms with Crippen molar-refractivity contribution in [1.82, 2.24) is 0 Å². The van der Waals surface area contributed by atoms with Crippen LogP contribution in [0.4, 0.5) is 0 Å². The molecular weight excluding hydrogens is 290 g/mol. The molecule has 1 atom stereocenters. The zero-order chi connectivity index (χ0) is 14.8. The van der Waals surface area contributed by atoms with E-state index >= 15 is 0 Å². The van der Waals surface area contributed by atoms with E-state index in [0.717, 1.165) is 18.6 Å². The summed E-state index contributed by atoms with van der Waals surface area (Å²) in [5, 5.41) is 17.9. The zero-order valence-electron chi connectivity index (χ0n) is 10.4. The molecule has 19 heavy (non-hydrogen) atoms. The van der Waals surface area contributed by atoms with Gasteiger partial charge in [-0.3, -0.25) is 0 Å². The van der Waals surface area contributed by atoms with Crippen LogP contribution in [0.2, 0.25) is 0 Å². The van der Waals surface area contributed by atoms with E-state index in [2.05, 4.69) is 0 Å². The Morgan fingerprint density at radius 1 is 1.21 bits per heavy atom. The third kappa shape index (κ3) is 3.53. The van der Waals surface area contributed by atoms with Crippen LogP contribution in [0.1, 0.15) is 11.5 Å². The minimum absolute atomic E-state index is 0.0971. The molecule has 0 saturated heterocycles. The summed E-state index contributed by atoms with van der Waals surface area (Å²) in [5.74, 6) is -1.02. The summed E-state index contributed by atoms with van der Waals surface area (Å²) in [4.78, 5) is -0.401. The predicted octanol–water partition coefficient (Wildman–Crippen LogP) is 0.0931. The highest BCUT2D eigenvalue weighted by Crippen LogP contribution is 2.26. The van der Waals surface area contributed by atoms with E-state index < -0.39 is 32.2 Å². The zero-order valence-corrected chi connectivity index (χ0v) is 12.0. The lowest BCUT2D eigenvalue weighted by atomic mass is 10.0. The number of nitriles is 1. The Balaban J connectivity index is 3.66. The van der Waals surface area contributed by atoms with Gasteiger partial charge in [0, 0.05) is 12.5 Å². The summed E-state index contributed by atoms with van der Waals surface area (Å²) in [7, 11) is -7.26. The van der Waals surface area contributed by atoms with Crippen LogP contribution in [-0.4, -0.2) is 41.1 Å². The third-order valence-electron chi connectivity index (χ3n) is 2.53. The Kier molecular flexibility index (Phi) is 4.35. The van der Waals surface area contributed by atoms with E-state index in [9.17, 15) is 16.8 Å². The summed E-state index contributed by atoms with van der Waals surface area (Å²) in [5.41, 5.74) is 0.0971. The highest BCUT2D eigenvalue weighted by molar-refractivity contribution is 7.91. The monoisotopic (exact) mass is 303 g/mol. The molecule has 8 heteroatoms. The smallest absolute Gasteiger partial charge is 0.175 e. The van der Waals surface area contributed by atoms with Gasteiger partial charge in [-0.25, -0.2) is 16.8 Å². The summed E-state index contributed by atoms with van der Waals surface area (Å²) in [6, 6.07) is 5.26. The first-order valence-electron chi connectivity index (χ1n) is 5.15. The van der Waals surface area contributed by atoms with Crippen molar-refractivity contribution in [2.24, 2.45) is 0 Å². The largest absolute Gasteiger partial charge is 0.395 e. The predicted molar refractivity (Wildman–Crippen MR) is 68.1 cm³/mol. The van der Waals surface area contributed by atoms with Gasteiger partial charge in [-0.15, -0.1) is 0 Å². The molecule has 0 radical (unpaired) electrons. The number of nitrogens with zero attached hydrogens (tertiary/aromatic N) is 1. The molecule has 1 aromatic rings. The summed E-state index contributed by atoms with van der Waals surface area (Å²) in [6.07, 6.45) is 1.88. The Bertz CT molecular complexity index is 729. The fourth-order valence-electron chi connectivity index (χ4n) is 1.56. The summed E-state index contributed by atoms with van der Waals surface area (Å²) < 4.78 is 46.2. The molecule has 1 aromatic carbocycles. The van der Waals surface area contributed by atoms with Crippen molar-refractivity contribution in [3.8, 4) is 6.07 Å². The minimum atomic E-state index is -3.71. The van der Waals surface area contributed by atoms with E-state index in [1.54, 1.807) is 6.07 Å². The summed E-state index contributed by atoms with van der Waals surface area (Å²) in [6.45, 7) is -0.544. The van der Waals surface area contributed by atoms with E-state index in [4.69, 9.17) is 10.4 Å². The van der Waals surface area contributed by atoms with Crippen molar-refractivity contribution < 1.29 is 21.9 Å². The van der Waals surface area contributed by atoms with Crippen molar-refractivity contribution in [2.45, 2.75) is 15.7 Å². The lowest BCUT2D eigenvalue weighted by molar-refractivity contribution is 0.284. The van der Waals surface area contributed by atoms with Crippen molar-refractivity contribution in [2.75, 3.05) is 19.1 Å². The van der Waals surface area contributed by atoms with Crippen LogP contribution in [0.3, 0.4) is 0 Å². The molecule has 0 amide bonds. The van der Waals surface area contributed by atoms with Crippen molar-refractivity contribution in [3.05, 3.63) is 23.8 Å². The van der Waals surface area contributed by atoms with Crippen molar-refractivity contribution >= 4 is 19.7 Å². The van der Waals surface area contributed by atoms with Crippen LogP contribution in [0.25, 0.3) is 0 Å². The van der Waals surface area contributed by atoms with Gasteiger partial charge >= 0.3 is 0 Å². The molecule has 0 aliphatic rings. The molecule has 0 fully saturated rings. The van der Waals surface area contributed by atoms with E-state index in [-0.39, 0.29) is 15.4 Å². The Hall–Kier alpha value is -1.43. The summed E-state index contributed by atoms with van der Waals surface area (Å²) >= 11 is 0. The number of rotatable bonds is 4. The van der Waals surface area contributed by atoms with Crippen LogP contribution < -0.4 is 0 Å². The van der Waals surface area contributed by atoms with Crippen molar-refractivity contribution in [1.29, 1.82) is 5.26 Å². The third-order valence-corrected chi connectivity index (χ3v) is 4.79. The van der Waals surface area contributed by atoms with Gasteiger partial charge in [0.1, 0.15) is 0 Å². The molecule has 104 valence electrons. The SMILES string of the molecule is CS(=O)(=O)c1ccc(C(C#N)CO)c(S(C)(=O)=O)c1. The Morgan fingerprint density at radius 2 is 1.79 bits per heavy atom. The van der Waals surface area contributed by atoms with Gasteiger partial charge in [-0.05, 0) is 17.7 Å². The second kappa shape index (κ2) is 5.28. The van der Waals surface area contributed by atoms with Gasteiger partial charge in [0.25, 0.3) is 0 Å². The Morgan fingerprint density at radius 3 is 2.16 bits per heavy atom. The standard InChI is InChI=1S/C11H13NO5S2/c1-18(14,15)9-3-4-10(8(6-12)7-13)11(5-9)19(2,16)17/h3-5,8,13H,7H2,1-2H3. The number of benzene rings is 1. The molecule has 0 aliphatic carbocycles. The normalized spacial score (nSPS) is 13.8. The highest BCUT2D eigenvalue weighted by atomic mass is 32.2. The van der Waals surface area contributed by atoms with E-state index in [1.165, 1.54) is 12.1 Å². The molecule has 1 unspecified atom stereocenters. The first-order chi connectivity index (χ1) is 8.61. The topological polar surface area (TPSA) is 112 Å². The maximum absolute atomic E-state index is 11.7. The number of aliphatic hydroxyl groups excluding tert-OH is 1. The second-order valence-electron chi connectivity index (χ2n) is 4.11. The fraction of sp³-hybridized carbons (Fsp3) is 0.364. The molecule has 0 spiro atoms. The average molecular weight is 303 g/mol. The molecule has 0 heterocycles. The maximum atomic E-state index is 11.7. The first-order valence-corrected chi connectivity index (χ1v) is 8.94. The van der Waals surface area contributed by atoms with Crippen LogP contribution in [0.5, 0.6) is 0 Å². The quantitative estimate of drug-likeness (QED) is 0.843. The van der Waals surface area contributed by atoms with Gasteiger partial charge < -0.3 is 5.11 Å². The molecule has 0 aromatic heterocycles. The van der Waals surface area contributed by atoms with Gasteiger partial charge in [0.2, 0.25) is 0 Å². The lowest BCUT2D eigenvalue weighted by Crippen LogP contribution is -2.10. The van der Waals surface area contributed by atoms with Crippen LogP contribution in [0.15, 0.2) is 28.0 Å². The van der Waals surface area contributed by atoms with E-state index in [0.29, 0.717) is 0 Å². The van der Waals surface area contributed by atoms with Crippen LogP contribution in [-0.2, 0) is 19.7 Å². The fourth-order valence-corrected chi connectivity index (χ4v) is 3.26. The van der Waals surface area contributed by atoms with Gasteiger partial charge in [-0.2, -0.15) is 5.26 Å². The average Bonchev–Trinajstić information content (AvgIpc) is 2.28. The minimum Gasteiger partial charge on any atom is -0.395 e. The first kappa shape index (κ1) is 15.6. The van der Waals surface area contributed by atoms with Gasteiger partial charge in [0.05, 0.1) is 28.4 Å². The molecular formula is C11H13NO5S2.